The number of nitrogens with one attached hydrogen (secondary N) is 2. The minimum Gasteiger partial charge on any atom is -0.356 e. The number of rotatable bonds is 5. The number of hydrogen-bond acceptors (Lipinski definition) is 3. The third-order valence-electron chi connectivity index (χ3n) is 3.17. The number of guanidine groups is 1. The second-order valence-electron chi connectivity index (χ2n) is 4.83. The fourth-order valence-corrected chi connectivity index (χ4v) is 3.04. The van der Waals surface area contributed by atoms with Crippen LogP contribution < -0.4 is 10.6 Å². The highest BCUT2D eigenvalue weighted by molar-refractivity contribution is 14.0. The lowest BCUT2D eigenvalue weighted by Gasteiger charge is -2.11. The number of nitrogens with zero attached hydrogens (tertiary/aromatic N) is 2. The van der Waals surface area contributed by atoms with Crippen molar-refractivity contribution in [2.24, 2.45) is 4.99 Å². The zero-order chi connectivity index (χ0) is 15.1. The van der Waals surface area contributed by atoms with Crippen LogP contribution in [0.25, 0.3) is 0 Å². The first-order valence-electron chi connectivity index (χ1n) is 7.10. The van der Waals surface area contributed by atoms with Crippen LogP contribution in [0.2, 0.25) is 0 Å². The summed E-state index contributed by atoms with van der Waals surface area (Å²) in [7, 11) is 1.79. The van der Waals surface area contributed by atoms with E-state index in [4.69, 9.17) is 0 Å². The molecule has 0 spiro atoms. The van der Waals surface area contributed by atoms with Gasteiger partial charge in [0.25, 0.3) is 0 Å². The van der Waals surface area contributed by atoms with Crippen LogP contribution in [-0.4, -0.2) is 24.5 Å². The molecule has 2 N–H and O–H groups in total. The van der Waals surface area contributed by atoms with Crippen LogP contribution in [0.4, 0.5) is 0 Å². The van der Waals surface area contributed by atoms with Gasteiger partial charge in [-0.2, -0.15) is 0 Å². The van der Waals surface area contributed by atoms with Crippen molar-refractivity contribution in [1.29, 1.82) is 0 Å². The number of halogens is 1. The molecule has 2 aromatic rings. The second kappa shape index (κ2) is 9.78. The highest BCUT2D eigenvalue weighted by Gasteiger charge is 2.05. The number of aryl methyl sites for hydroxylation is 2. The summed E-state index contributed by atoms with van der Waals surface area (Å²) in [5.41, 5.74) is 2.39. The van der Waals surface area contributed by atoms with Crippen molar-refractivity contribution < 1.29 is 0 Å². The first kappa shape index (κ1) is 18.9. The summed E-state index contributed by atoms with van der Waals surface area (Å²) in [5, 5.41) is 7.79. The van der Waals surface area contributed by atoms with E-state index in [2.05, 4.69) is 46.6 Å². The highest BCUT2D eigenvalue weighted by Crippen LogP contribution is 2.16. The summed E-state index contributed by atoms with van der Waals surface area (Å²) in [6, 6.07) is 10.3. The fourth-order valence-electron chi connectivity index (χ4n) is 2.10. The number of aromatic nitrogens is 1. The third kappa shape index (κ3) is 5.92. The van der Waals surface area contributed by atoms with Crippen molar-refractivity contribution in [3.63, 3.8) is 0 Å². The van der Waals surface area contributed by atoms with Gasteiger partial charge in [-0.25, -0.2) is 4.98 Å². The lowest BCUT2D eigenvalue weighted by molar-refractivity contribution is 0.796. The lowest BCUT2D eigenvalue weighted by atomic mass is 10.2. The Morgan fingerprint density at radius 1 is 1.18 bits per heavy atom. The molecule has 0 saturated heterocycles. The zero-order valence-corrected chi connectivity index (χ0v) is 16.4. The molecule has 0 aliphatic heterocycles. The maximum atomic E-state index is 4.45. The van der Waals surface area contributed by atoms with Crippen molar-refractivity contribution in [3.8, 4) is 0 Å². The molecule has 1 aromatic carbocycles. The van der Waals surface area contributed by atoms with Crippen LogP contribution >= 0.6 is 35.3 Å². The SMILES string of the molecule is CN=C(NCCc1sc(C)nc1C)NCc1ccccc1.I. The molecule has 0 radical (unpaired) electrons. The van der Waals surface area contributed by atoms with Gasteiger partial charge in [-0.05, 0) is 19.4 Å². The van der Waals surface area contributed by atoms with Crippen molar-refractivity contribution >= 4 is 41.3 Å². The summed E-state index contributed by atoms with van der Waals surface area (Å²) < 4.78 is 0. The van der Waals surface area contributed by atoms with Crippen LogP contribution in [0.15, 0.2) is 35.3 Å². The van der Waals surface area contributed by atoms with Crippen molar-refractivity contribution in [3.05, 3.63) is 51.5 Å². The van der Waals surface area contributed by atoms with Crippen molar-refractivity contribution in [1.82, 2.24) is 15.6 Å². The van der Waals surface area contributed by atoms with Gasteiger partial charge in [-0.15, -0.1) is 35.3 Å². The van der Waals surface area contributed by atoms with E-state index < -0.39 is 0 Å². The minimum atomic E-state index is 0. The van der Waals surface area contributed by atoms with E-state index >= 15 is 0 Å². The highest BCUT2D eigenvalue weighted by atomic mass is 127. The van der Waals surface area contributed by atoms with E-state index in [0.717, 1.165) is 36.2 Å². The van der Waals surface area contributed by atoms with E-state index in [-0.39, 0.29) is 24.0 Å². The normalized spacial score (nSPS) is 11.0. The van der Waals surface area contributed by atoms with Crippen LogP contribution in [0, 0.1) is 13.8 Å². The van der Waals surface area contributed by atoms with Gasteiger partial charge in [-0.3, -0.25) is 4.99 Å². The molecule has 1 heterocycles. The molecule has 0 saturated carbocycles. The van der Waals surface area contributed by atoms with Gasteiger partial charge in [-0.1, -0.05) is 30.3 Å². The molecule has 0 bridgehead atoms. The Labute approximate surface area is 153 Å². The Morgan fingerprint density at radius 2 is 1.91 bits per heavy atom. The topological polar surface area (TPSA) is 49.3 Å². The average molecular weight is 430 g/mol. The molecular formula is C16H23IN4S. The summed E-state index contributed by atoms with van der Waals surface area (Å²) in [6.45, 7) is 5.76. The van der Waals surface area contributed by atoms with E-state index in [0.29, 0.717) is 0 Å². The van der Waals surface area contributed by atoms with Crippen LogP contribution in [0.1, 0.15) is 21.1 Å². The first-order valence-corrected chi connectivity index (χ1v) is 7.92. The summed E-state index contributed by atoms with van der Waals surface area (Å²) in [6.07, 6.45) is 0.976. The standard InChI is InChI=1S/C16H22N4S.HI/c1-12-15(21-13(2)20-12)9-10-18-16(17-3)19-11-14-7-5-4-6-8-14;/h4-8H,9-11H2,1-3H3,(H2,17,18,19);1H. The van der Waals surface area contributed by atoms with Gasteiger partial charge in [0.15, 0.2) is 5.96 Å². The number of aliphatic imine (C=N–C) groups is 1. The molecule has 0 aliphatic rings. The van der Waals surface area contributed by atoms with Gasteiger partial charge < -0.3 is 10.6 Å². The van der Waals surface area contributed by atoms with Crippen LogP contribution in [0.5, 0.6) is 0 Å². The summed E-state index contributed by atoms with van der Waals surface area (Å²) >= 11 is 1.77. The minimum absolute atomic E-state index is 0. The van der Waals surface area contributed by atoms with Crippen LogP contribution in [-0.2, 0) is 13.0 Å². The molecule has 2 rings (SSSR count). The largest absolute Gasteiger partial charge is 0.356 e. The van der Waals surface area contributed by atoms with E-state index in [1.54, 1.807) is 18.4 Å². The zero-order valence-electron chi connectivity index (χ0n) is 13.2. The number of benzene rings is 1. The van der Waals surface area contributed by atoms with Gasteiger partial charge in [0, 0.05) is 31.4 Å². The van der Waals surface area contributed by atoms with Crippen molar-refractivity contribution in [2.45, 2.75) is 26.8 Å². The van der Waals surface area contributed by atoms with E-state index in [1.165, 1.54) is 10.4 Å². The predicted octanol–water partition coefficient (Wildman–Crippen LogP) is 3.29. The Hall–Kier alpha value is -1.15. The molecule has 6 heteroatoms. The molecule has 22 heavy (non-hydrogen) atoms. The summed E-state index contributed by atoms with van der Waals surface area (Å²) in [5.74, 6) is 0.831. The number of hydrogen-bond donors (Lipinski definition) is 2. The molecule has 0 atom stereocenters. The van der Waals surface area contributed by atoms with E-state index in [9.17, 15) is 0 Å². The average Bonchev–Trinajstić information content (AvgIpc) is 2.81. The maximum Gasteiger partial charge on any atom is 0.191 e. The quantitative estimate of drug-likeness (QED) is 0.435. The van der Waals surface area contributed by atoms with Gasteiger partial charge >= 0.3 is 0 Å². The molecule has 0 amide bonds. The van der Waals surface area contributed by atoms with Gasteiger partial charge in [0.1, 0.15) is 0 Å². The Morgan fingerprint density at radius 3 is 2.50 bits per heavy atom. The molecule has 1 aromatic heterocycles. The number of thiazole rings is 1. The Balaban J connectivity index is 0.00000242. The predicted molar refractivity (Wildman–Crippen MR) is 105 cm³/mol. The smallest absolute Gasteiger partial charge is 0.191 e. The van der Waals surface area contributed by atoms with Gasteiger partial charge in [0.05, 0.1) is 10.7 Å². The molecule has 4 nitrogen and oxygen atoms in total. The molecular weight excluding hydrogens is 407 g/mol. The molecule has 120 valence electrons. The summed E-state index contributed by atoms with van der Waals surface area (Å²) in [4.78, 5) is 10.0. The first-order chi connectivity index (χ1) is 10.2. The third-order valence-corrected chi connectivity index (χ3v) is 4.30. The molecule has 0 fully saturated rings. The van der Waals surface area contributed by atoms with Crippen LogP contribution in [0.3, 0.4) is 0 Å². The second-order valence-corrected chi connectivity index (χ2v) is 6.12. The Bertz CT molecular complexity index is 595. The maximum absolute atomic E-state index is 4.45. The molecule has 0 unspecified atom stereocenters. The fraction of sp³-hybridized carbons (Fsp3) is 0.375. The molecule has 0 aliphatic carbocycles. The van der Waals surface area contributed by atoms with Gasteiger partial charge in [0.2, 0.25) is 0 Å². The van der Waals surface area contributed by atoms with Crippen molar-refractivity contribution in [2.75, 3.05) is 13.6 Å². The van der Waals surface area contributed by atoms with E-state index in [1.807, 2.05) is 18.2 Å². The monoisotopic (exact) mass is 430 g/mol. The Kier molecular flexibility index (Phi) is 8.40. The lowest BCUT2D eigenvalue weighted by Crippen LogP contribution is -2.37.